The maximum atomic E-state index is 12.3. The summed E-state index contributed by atoms with van der Waals surface area (Å²) in [5, 5.41) is 0. The SMILES string of the molecule is Cc1ccc(C(=O)[C@H](C)OC(=O)c2ccc(S(C)(=O)=O)cc2)cc1. The molecular weight excluding hydrogens is 328 g/mol. The summed E-state index contributed by atoms with van der Waals surface area (Å²) >= 11 is 0. The largest absolute Gasteiger partial charge is 0.451 e. The van der Waals surface area contributed by atoms with Crippen LogP contribution in [0.2, 0.25) is 0 Å². The molecule has 0 heterocycles. The molecule has 126 valence electrons. The lowest BCUT2D eigenvalue weighted by molar-refractivity contribution is 0.0318. The highest BCUT2D eigenvalue weighted by Crippen LogP contribution is 2.14. The second kappa shape index (κ2) is 6.97. The minimum Gasteiger partial charge on any atom is -0.451 e. The van der Waals surface area contributed by atoms with Crippen molar-refractivity contribution in [2.45, 2.75) is 24.8 Å². The molecule has 0 radical (unpaired) electrons. The quantitative estimate of drug-likeness (QED) is 0.614. The number of hydrogen-bond acceptors (Lipinski definition) is 5. The monoisotopic (exact) mass is 346 g/mol. The van der Waals surface area contributed by atoms with Gasteiger partial charge in [-0.25, -0.2) is 13.2 Å². The van der Waals surface area contributed by atoms with E-state index in [4.69, 9.17) is 4.74 Å². The van der Waals surface area contributed by atoms with Crippen molar-refractivity contribution in [1.82, 2.24) is 0 Å². The molecule has 2 rings (SSSR count). The summed E-state index contributed by atoms with van der Waals surface area (Å²) in [6.45, 7) is 3.42. The average Bonchev–Trinajstić information content (AvgIpc) is 2.54. The number of sulfone groups is 1. The van der Waals surface area contributed by atoms with Crippen molar-refractivity contribution in [1.29, 1.82) is 0 Å². The summed E-state index contributed by atoms with van der Waals surface area (Å²) in [5.41, 5.74) is 1.68. The van der Waals surface area contributed by atoms with Crippen molar-refractivity contribution in [3.05, 3.63) is 65.2 Å². The molecule has 0 spiro atoms. The van der Waals surface area contributed by atoms with Crippen LogP contribution in [-0.2, 0) is 14.6 Å². The molecule has 0 saturated carbocycles. The third-order valence-corrected chi connectivity index (χ3v) is 4.64. The van der Waals surface area contributed by atoms with Gasteiger partial charge in [0.05, 0.1) is 10.5 Å². The maximum absolute atomic E-state index is 12.3. The molecule has 0 fully saturated rings. The molecule has 2 aromatic carbocycles. The molecule has 0 aliphatic heterocycles. The van der Waals surface area contributed by atoms with Crippen LogP contribution in [-0.4, -0.2) is 32.5 Å². The zero-order valence-electron chi connectivity index (χ0n) is 13.6. The average molecular weight is 346 g/mol. The van der Waals surface area contributed by atoms with Gasteiger partial charge in [-0.05, 0) is 38.1 Å². The van der Waals surface area contributed by atoms with E-state index in [2.05, 4.69) is 0 Å². The van der Waals surface area contributed by atoms with Gasteiger partial charge < -0.3 is 4.74 Å². The van der Waals surface area contributed by atoms with Crippen molar-refractivity contribution in [2.75, 3.05) is 6.26 Å². The third kappa shape index (κ3) is 4.29. The minimum absolute atomic E-state index is 0.114. The highest BCUT2D eigenvalue weighted by Gasteiger charge is 2.20. The first-order valence-corrected chi connectivity index (χ1v) is 9.19. The Morgan fingerprint density at radius 3 is 1.92 bits per heavy atom. The molecule has 2 aromatic rings. The molecule has 0 aliphatic carbocycles. The van der Waals surface area contributed by atoms with E-state index in [-0.39, 0.29) is 16.2 Å². The van der Waals surface area contributed by atoms with Crippen LogP contribution in [0.5, 0.6) is 0 Å². The molecule has 0 amide bonds. The standard InChI is InChI=1S/C18H18O5S/c1-12-4-6-14(7-5-12)17(19)13(2)23-18(20)15-8-10-16(11-9-15)24(3,21)22/h4-11,13H,1-3H3/t13-/m0/s1. The molecule has 0 aliphatic rings. The molecule has 0 saturated heterocycles. The lowest BCUT2D eigenvalue weighted by Gasteiger charge is -2.12. The maximum Gasteiger partial charge on any atom is 0.338 e. The van der Waals surface area contributed by atoms with E-state index in [9.17, 15) is 18.0 Å². The number of hydrogen-bond donors (Lipinski definition) is 0. The highest BCUT2D eigenvalue weighted by molar-refractivity contribution is 7.90. The van der Waals surface area contributed by atoms with Crippen molar-refractivity contribution in [3.8, 4) is 0 Å². The minimum atomic E-state index is -3.33. The zero-order chi connectivity index (χ0) is 17.9. The fourth-order valence-corrected chi connectivity index (χ4v) is 2.70. The first-order valence-electron chi connectivity index (χ1n) is 7.30. The number of ether oxygens (including phenoxy) is 1. The van der Waals surface area contributed by atoms with Gasteiger partial charge in [-0.1, -0.05) is 29.8 Å². The Labute approximate surface area is 141 Å². The topological polar surface area (TPSA) is 77.5 Å². The smallest absolute Gasteiger partial charge is 0.338 e. The summed E-state index contributed by atoms with van der Waals surface area (Å²) < 4.78 is 28.0. The van der Waals surface area contributed by atoms with Gasteiger partial charge in [0.25, 0.3) is 0 Å². The number of carbonyl (C=O) groups is 2. The van der Waals surface area contributed by atoms with Crippen molar-refractivity contribution >= 4 is 21.6 Å². The Bertz CT molecular complexity index is 849. The molecule has 6 heteroatoms. The Morgan fingerprint density at radius 1 is 0.917 bits per heavy atom. The fourth-order valence-electron chi connectivity index (χ4n) is 2.07. The summed E-state index contributed by atoms with van der Waals surface area (Å²) in [4.78, 5) is 24.4. The van der Waals surface area contributed by atoms with Gasteiger partial charge in [0, 0.05) is 11.8 Å². The molecule has 0 unspecified atom stereocenters. The number of esters is 1. The molecule has 0 bridgehead atoms. The van der Waals surface area contributed by atoms with E-state index in [0.717, 1.165) is 11.8 Å². The van der Waals surface area contributed by atoms with Crippen LogP contribution in [0.1, 0.15) is 33.2 Å². The molecule has 0 aromatic heterocycles. The number of aryl methyl sites for hydroxylation is 1. The van der Waals surface area contributed by atoms with Crippen LogP contribution in [0.3, 0.4) is 0 Å². The second-order valence-electron chi connectivity index (χ2n) is 5.57. The Balaban J connectivity index is 2.08. The molecule has 5 nitrogen and oxygen atoms in total. The highest BCUT2D eigenvalue weighted by atomic mass is 32.2. The van der Waals surface area contributed by atoms with Gasteiger partial charge in [0.15, 0.2) is 15.9 Å². The van der Waals surface area contributed by atoms with Gasteiger partial charge in [-0.15, -0.1) is 0 Å². The summed E-state index contributed by atoms with van der Waals surface area (Å²) in [5.74, 6) is -0.973. The predicted octanol–water partition coefficient (Wildman–Crippen LogP) is 2.83. The van der Waals surface area contributed by atoms with E-state index in [0.29, 0.717) is 5.56 Å². The number of Topliss-reactive ketones (excluding diaryl/α,β-unsaturated/α-hetero) is 1. The third-order valence-electron chi connectivity index (χ3n) is 3.51. The normalized spacial score (nSPS) is 12.5. The zero-order valence-corrected chi connectivity index (χ0v) is 14.5. The molecule has 24 heavy (non-hydrogen) atoms. The first-order chi connectivity index (χ1) is 11.2. The van der Waals surface area contributed by atoms with Gasteiger partial charge in [-0.2, -0.15) is 0 Å². The van der Waals surface area contributed by atoms with Crippen molar-refractivity contribution < 1.29 is 22.7 Å². The lowest BCUT2D eigenvalue weighted by atomic mass is 10.1. The van der Waals surface area contributed by atoms with Crippen LogP contribution in [0.4, 0.5) is 0 Å². The van der Waals surface area contributed by atoms with Crippen LogP contribution >= 0.6 is 0 Å². The van der Waals surface area contributed by atoms with Gasteiger partial charge in [-0.3, -0.25) is 4.79 Å². The summed E-state index contributed by atoms with van der Waals surface area (Å²) in [7, 11) is -3.33. The van der Waals surface area contributed by atoms with Gasteiger partial charge in [0.2, 0.25) is 5.78 Å². The van der Waals surface area contributed by atoms with Gasteiger partial charge in [0.1, 0.15) is 0 Å². The van der Waals surface area contributed by atoms with E-state index >= 15 is 0 Å². The van der Waals surface area contributed by atoms with Crippen molar-refractivity contribution in [2.24, 2.45) is 0 Å². The Morgan fingerprint density at radius 2 is 1.42 bits per heavy atom. The van der Waals surface area contributed by atoms with Gasteiger partial charge >= 0.3 is 5.97 Å². The molecule has 1 atom stereocenters. The number of ketones is 1. The van der Waals surface area contributed by atoms with Crippen LogP contribution in [0, 0.1) is 6.92 Å². The van der Waals surface area contributed by atoms with E-state index in [1.54, 1.807) is 12.1 Å². The van der Waals surface area contributed by atoms with E-state index < -0.39 is 21.9 Å². The predicted molar refractivity (Wildman–Crippen MR) is 89.9 cm³/mol. The lowest BCUT2D eigenvalue weighted by Crippen LogP contribution is -2.24. The fraction of sp³-hybridized carbons (Fsp3) is 0.222. The first kappa shape index (κ1) is 17.9. The number of benzene rings is 2. The Hall–Kier alpha value is -2.47. The van der Waals surface area contributed by atoms with Crippen LogP contribution in [0.25, 0.3) is 0 Å². The van der Waals surface area contributed by atoms with Crippen molar-refractivity contribution in [3.63, 3.8) is 0 Å². The van der Waals surface area contributed by atoms with E-state index in [1.165, 1.54) is 31.2 Å². The number of carbonyl (C=O) groups excluding carboxylic acids is 2. The van der Waals surface area contributed by atoms with Crippen LogP contribution in [0.15, 0.2) is 53.4 Å². The second-order valence-corrected chi connectivity index (χ2v) is 7.59. The Kier molecular flexibility index (Phi) is 5.19. The van der Waals surface area contributed by atoms with Crippen LogP contribution < -0.4 is 0 Å². The molecule has 0 N–H and O–H groups in total. The summed E-state index contributed by atoms with van der Waals surface area (Å²) in [6, 6.07) is 12.4. The number of rotatable bonds is 5. The molecular formula is C18H18O5S. The summed E-state index contributed by atoms with van der Waals surface area (Å²) in [6.07, 6.45) is 0.151. The van der Waals surface area contributed by atoms with E-state index in [1.807, 2.05) is 19.1 Å².